The second-order valence-corrected chi connectivity index (χ2v) is 16.8. The third kappa shape index (κ3) is 28.8. The highest BCUT2D eigenvalue weighted by molar-refractivity contribution is 5.02. The normalized spacial score (nSPS) is 13.0. The van der Waals surface area contributed by atoms with Crippen molar-refractivity contribution >= 4 is 0 Å². The van der Waals surface area contributed by atoms with Crippen LogP contribution in [0.3, 0.4) is 0 Å². The van der Waals surface area contributed by atoms with Gasteiger partial charge in [-0.1, -0.05) is 252 Å². The molecule has 1 rings (SSSR count). The van der Waals surface area contributed by atoms with Gasteiger partial charge in [0.05, 0.1) is 0 Å². The van der Waals surface area contributed by atoms with Gasteiger partial charge in [0, 0.05) is 24.4 Å². The molecule has 2 heteroatoms. The quantitative estimate of drug-likeness (QED) is 0.0623. The molecule has 0 aliphatic carbocycles. The van der Waals surface area contributed by atoms with Crippen LogP contribution in [-0.4, -0.2) is 9.55 Å². The largest absolute Gasteiger partial charge is 0.332 e. The van der Waals surface area contributed by atoms with Gasteiger partial charge in [0.1, 0.15) is 5.82 Å². The molecule has 0 saturated carbocycles. The van der Waals surface area contributed by atoms with Crippen molar-refractivity contribution in [3.63, 3.8) is 0 Å². The Kier molecular flexibility index (Phi) is 35.8. The van der Waals surface area contributed by atoms with Gasteiger partial charge < -0.3 is 4.57 Å². The van der Waals surface area contributed by atoms with Crippen LogP contribution in [0, 0.1) is 0 Å². The number of aromatic nitrogens is 2. The van der Waals surface area contributed by atoms with Crippen LogP contribution >= 0.6 is 0 Å². The fraction of sp³-hybridized carbons (Fsp3) is 0.938. The summed E-state index contributed by atoms with van der Waals surface area (Å²) < 4.78 is 2.60. The molecular formula is C48H94N2. The van der Waals surface area contributed by atoms with Gasteiger partial charge in [-0.05, 0) is 26.2 Å². The third-order valence-electron chi connectivity index (χ3n) is 11.8. The van der Waals surface area contributed by atoms with Crippen LogP contribution in [0.5, 0.6) is 0 Å². The average molecular weight is 699 g/mol. The number of unbranched alkanes of at least 4 members (excludes halogenated alkanes) is 33. The smallest absolute Gasteiger partial charge is 0.111 e. The molecule has 296 valence electrons. The highest BCUT2D eigenvalue weighted by Crippen LogP contribution is 2.31. The monoisotopic (exact) mass is 699 g/mol. The van der Waals surface area contributed by atoms with Crippen LogP contribution in [0.1, 0.15) is 296 Å². The predicted molar refractivity (Wildman–Crippen MR) is 227 cm³/mol. The lowest BCUT2D eigenvalue weighted by Gasteiger charge is -2.22. The van der Waals surface area contributed by atoms with Gasteiger partial charge in [-0.15, -0.1) is 0 Å². The predicted octanol–water partition coefficient (Wildman–Crippen LogP) is 17.8. The molecule has 2 unspecified atom stereocenters. The molecule has 0 bridgehead atoms. The van der Waals surface area contributed by atoms with E-state index in [4.69, 9.17) is 4.98 Å². The molecule has 1 aromatic heterocycles. The van der Waals surface area contributed by atoms with Crippen LogP contribution in [-0.2, 0) is 0 Å². The van der Waals surface area contributed by atoms with Gasteiger partial charge in [-0.25, -0.2) is 4.98 Å². The fourth-order valence-corrected chi connectivity index (χ4v) is 8.30. The first-order valence-electron chi connectivity index (χ1n) is 23.8. The van der Waals surface area contributed by atoms with Crippen LogP contribution in [0.4, 0.5) is 0 Å². The van der Waals surface area contributed by atoms with Crippen LogP contribution in [0.25, 0.3) is 0 Å². The molecule has 0 radical (unpaired) electrons. The van der Waals surface area contributed by atoms with Gasteiger partial charge in [0.25, 0.3) is 0 Å². The zero-order chi connectivity index (χ0) is 36.0. The summed E-state index contributed by atoms with van der Waals surface area (Å²) in [6, 6.07) is 0.585. The van der Waals surface area contributed by atoms with Crippen molar-refractivity contribution in [3.05, 3.63) is 18.2 Å². The van der Waals surface area contributed by atoms with Gasteiger partial charge in [-0.3, -0.25) is 0 Å². The number of nitrogens with zero attached hydrogens (tertiary/aromatic N) is 2. The Hall–Kier alpha value is -0.790. The maximum atomic E-state index is 5.05. The Labute approximate surface area is 316 Å². The first-order valence-corrected chi connectivity index (χ1v) is 23.8. The lowest BCUT2D eigenvalue weighted by molar-refractivity contribution is 0.412. The highest BCUT2D eigenvalue weighted by Gasteiger charge is 2.19. The number of rotatable bonds is 41. The Morgan fingerprint density at radius 2 is 0.640 bits per heavy atom. The number of hydrogen-bond donors (Lipinski definition) is 0. The molecule has 0 amide bonds. The van der Waals surface area contributed by atoms with Gasteiger partial charge >= 0.3 is 0 Å². The molecule has 0 spiro atoms. The minimum absolute atomic E-state index is 0.585. The number of imidazole rings is 1. The van der Waals surface area contributed by atoms with E-state index in [-0.39, 0.29) is 0 Å². The fourth-order valence-electron chi connectivity index (χ4n) is 8.30. The van der Waals surface area contributed by atoms with Gasteiger partial charge in [0.2, 0.25) is 0 Å². The van der Waals surface area contributed by atoms with Crippen molar-refractivity contribution in [2.75, 3.05) is 0 Å². The van der Waals surface area contributed by atoms with Crippen molar-refractivity contribution in [2.24, 2.45) is 0 Å². The van der Waals surface area contributed by atoms with Crippen LogP contribution in [0.2, 0.25) is 0 Å². The second-order valence-electron chi connectivity index (χ2n) is 16.8. The summed E-state index contributed by atoms with van der Waals surface area (Å²) in [6.07, 6.45) is 60.1. The lowest BCUT2D eigenvalue weighted by atomic mass is 9.92. The van der Waals surface area contributed by atoms with E-state index in [9.17, 15) is 0 Å². The average Bonchev–Trinajstić information content (AvgIpc) is 3.62. The van der Waals surface area contributed by atoms with E-state index in [2.05, 4.69) is 44.7 Å². The Balaban J connectivity index is 2.32. The number of hydrogen-bond acceptors (Lipinski definition) is 1. The zero-order valence-electron chi connectivity index (χ0n) is 35.3. The van der Waals surface area contributed by atoms with Gasteiger partial charge in [-0.2, -0.15) is 0 Å². The summed E-state index contributed by atoms with van der Waals surface area (Å²) in [6.45, 7) is 9.41. The Bertz CT molecular complexity index is 768. The van der Waals surface area contributed by atoms with E-state index in [0.29, 0.717) is 12.0 Å². The molecule has 0 N–H and O–H groups in total. The van der Waals surface area contributed by atoms with Crippen LogP contribution < -0.4 is 0 Å². The van der Waals surface area contributed by atoms with Gasteiger partial charge in [0.15, 0.2) is 0 Å². The van der Waals surface area contributed by atoms with E-state index in [1.54, 1.807) is 0 Å². The highest BCUT2D eigenvalue weighted by atomic mass is 15.1. The summed E-state index contributed by atoms with van der Waals surface area (Å²) in [4.78, 5) is 5.05. The first-order chi connectivity index (χ1) is 24.7. The minimum Gasteiger partial charge on any atom is -0.332 e. The van der Waals surface area contributed by atoms with E-state index in [0.717, 1.165) is 0 Å². The molecule has 0 fully saturated rings. The van der Waals surface area contributed by atoms with Crippen molar-refractivity contribution in [3.8, 4) is 0 Å². The Morgan fingerprint density at radius 3 is 0.940 bits per heavy atom. The van der Waals surface area contributed by atoms with Crippen molar-refractivity contribution < 1.29 is 0 Å². The maximum absolute atomic E-state index is 5.05. The molecule has 0 aliphatic heterocycles. The molecule has 50 heavy (non-hydrogen) atoms. The lowest BCUT2D eigenvalue weighted by Crippen LogP contribution is -2.13. The molecule has 0 saturated heterocycles. The van der Waals surface area contributed by atoms with E-state index < -0.39 is 0 Å². The standard InChI is InChI=1S/C48H94N2/c1-5-8-11-14-17-20-22-24-25-27-28-30-32-35-38-41-46(4)50-45-44-49-48(50)47(42-39-36-33-19-16-13-10-7-3)43-40-37-34-31-29-26-23-21-18-15-12-9-6-2/h44-47H,5-43H2,1-4H3. The molecule has 1 heterocycles. The SMILES string of the molecule is CCCCCCCCCCCCCCCCCC(C)n1ccnc1C(CCCCCCCCCC)CCCCCCCCCCCCCCC. The summed E-state index contributed by atoms with van der Waals surface area (Å²) in [5, 5.41) is 0. The maximum Gasteiger partial charge on any atom is 0.111 e. The first kappa shape index (κ1) is 47.2. The summed E-state index contributed by atoms with van der Waals surface area (Å²) in [5.41, 5.74) is 0. The third-order valence-corrected chi connectivity index (χ3v) is 11.8. The second kappa shape index (κ2) is 38.0. The molecule has 0 aromatic carbocycles. The molecule has 1 aromatic rings. The molecule has 2 nitrogen and oxygen atoms in total. The van der Waals surface area contributed by atoms with Crippen LogP contribution in [0.15, 0.2) is 12.4 Å². The molecular weight excluding hydrogens is 605 g/mol. The van der Waals surface area contributed by atoms with E-state index >= 15 is 0 Å². The minimum atomic E-state index is 0.585. The zero-order valence-corrected chi connectivity index (χ0v) is 35.3. The van der Waals surface area contributed by atoms with Crippen molar-refractivity contribution in [1.29, 1.82) is 0 Å². The van der Waals surface area contributed by atoms with E-state index in [1.165, 1.54) is 256 Å². The topological polar surface area (TPSA) is 17.8 Å². The summed E-state index contributed by atoms with van der Waals surface area (Å²) in [7, 11) is 0. The Morgan fingerprint density at radius 1 is 0.380 bits per heavy atom. The summed E-state index contributed by atoms with van der Waals surface area (Å²) >= 11 is 0. The molecule has 2 atom stereocenters. The van der Waals surface area contributed by atoms with E-state index in [1.807, 2.05) is 0 Å². The van der Waals surface area contributed by atoms with Crippen molar-refractivity contribution in [1.82, 2.24) is 9.55 Å². The van der Waals surface area contributed by atoms with Crippen molar-refractivity contribution in [2.45, 2.75) is 290 Å². The molecule has 0 aliphatic rings. The summed E-state index contributed by atoms with van der Waals surface area (Å²) in [5.74, 6) is 2.07.